The quantitative estimate of drug-likeness (QED) is 0.602. The molecule has 2 atom stereocenters. The number of nitrogens with one attached hydrogen (secondary N) is 1. The minimum absolute atomic E-state index is 0.204. The van der Waals surface area contributed by atoms with Gasteiger partial charge in [0.15, 0.2) is 0 Å². The molecule has 3 N–H and O–H groups in total. The van der Waals surface area contributed by atoms with E-state index in [9.17, 15) is 4.79 Å². The molecule has 3 nitrogen and oxygen atoms in total. The van der Waals surface area contributed by atoms with Crippen LogP contribution < -0.4 is 11.1 Å². The van der Waals surface area contributed by atoms with E-state index in [-0.39, 0.29) is 5.91 Å². The molecule has 1 saturated carbocycles. The van der Waals surface area contributed by atoms with E-state index in [0.29, 0.717) is 5.92 Å². The Bertz CT molecular complexity index is 169. The van der Waals surface area contributed by atoms with Crippen molar-refractivity contribution in [2.75, 3.05) is 7.05 Å². The van der Waals surface area contributed by atoms with Crippen LogP contribution in [0.2, 0.25) is 0 Å². The second kappa shape index (κ2) is 2.81. The van der Waals surface area contributed by atoms with Crippen LogP contribution in [0.4, 0.5) is 0 Å². The molecule has 0 bridgehead atoms. The molecular formula is C8H16N2O. The van der Waals surface area contributed by atoms with Crippen LogP contribution in [0.25, 0.3) is 0 Å². The normalized spacial score (nSPS) is 37.5. The zero-order valence-electron chi connectivity index (χ0n) is 7.18. The molecule has 1 aliphatic rings. The van der Waals surface area contributed by atoms with Gasteiger partial charge >= 0.3 is 0 Å². The second-order valence-corrected chi connectivity index (χ2v) is 3.54. The summed E-state index contributed by atoms with van der Waals surface area (Å²) < 4.78 is 0. The fraction of sp³-hybridized carbons (Fsp3) is 0.875. The third-order valence-corrected chi connectivity index (χ3v) is 2.71. The first kappa shape index (κ1) is 8.53. The van der Waals surface area contributed by atoms with Crippen molar-refractivity contribution >= 4 is 5.91 Å². The van der Waals surface area contributed by atoms with Crippen molar-refractivity contribution in [3.05, 3.63) is 0 Å². The van der Waals surface area contributed by atoms with Crippen LogP contribution in [0.5, 0.6) is 0 Å². The molecule has 3 heteroatoms. The highest BCUT2D eigenvalue weighted by Gasteiger charge is 2.40. The smallest absolute Gasteiger partial charge is 0.237 e. The minimum Gasteiger partial charge on any atom is -0.368 e. The Hall–Kier alpha value is -0.570. The molecule has 1 aliphatic carbocycles. The van der Waals surface area contributed by atoms with Crippen LogP contribution in [0.15, 0.2) is 0 Å². The zero-order chi connectivity index (χ0) is 8.48. The summed E-state index contributed by atoms with van der Waals surface area (Å²) in [4.78, 5) is 11.1. The van der Waals surface area contributed by atoms with Crippen LogP contribution in [0.1, 0.15) is 26.2 Å². The van der Waals surface area contributed by atoms with Crippen molar-refractivity contribution < 1.29 is 4.79 Å². The summed E-state index contributed by atoms with van der Waals surface area (Å²) in [5, 5.41) is 3.03. The highest BCUT2D eigenvalue weighted by Crippen LogP contribution is 2.33. The lowest BCUT2D eigenvalue weighted by atomic mass is 9.96. The highest BCUT2D eigenvalue weighted by molar-refractivity contribution is 5.85. The fourth-order valence-electron chi connectivity index (χ4n) is 1.87. The van der Waals surface area contributed by atoms with Crippen molar-refractivity contribution in [2.24, 2.45) is 11.7 Å². The lowest BCUT2D eigenvalue weighted by molar-refractivity contribution is -0.124. The summed E-state index contributed by atoms with van der Waals surface area (Å²) in [5.74, 6) is 0.416. The molecule has 0 aromatic rings. The van der Waals surface area contributed by atoms with E-state index in [1.54, 1.807) is 0 Å². The van der Waals surface area contributed by atoms with Crippen LogP contribution in [-0.2, 0) is 4.79 Å². The van der Waals surface area contributed by atoms with Crippen molar-refractivity contribution in [3.8, 4) is 0 Å². The number of nitrogens with two attached hydrogens (primary N) is 1. The first-order chi connectivity index (χ1) is 5.10. The molecule has 1 fully saturated rings. The van der Waals surface area contributed by atoms with Gasteiger partial charge in [0.25, 0.3) is 0 Å². The molecule has 64 valence electrons. The maximum atomic E-state index is 11.1. The second-order valence-electron chi connectivity index (χ2n) is 3.54. The molecule has 2 unspecified atom stereocenters. The molecule has 1 rings (SSSR count). The number of rotatable bonds is 2. The van der Waals surface area contributed by atoms with Crippen LogP contribution in [0.3, 0.4) is 0 Å². The largest absolute Gasteiger partial charge is 0.368 e. The van der Waals surface area contributed by atoms with Crippen molar-refractivity contribution in [2.45, 2.75) is 31.7 Å². The zero-order valence-corrected chi connectivity index (χ0v) is 7.18. The maximum Gasteiger partial charge on any atom is 0.237 e. The molecule has 11 heavy (non-hydrogen) atoms. The van der Waals surface area contributed by atoms with Gasteiger partial charge in [0.05, 0.1) is 5.54 Å². The van der Waals surface area contributed by atoms with Crippen molar-refractivity contribution in [1.82, 2.24) is 5.32 Å². The minimum atomic E-state index is -0.403. The number of carbonyl (C=O) groups is 1. The summed E-state index contributed by atoms with van der Waals surface area (Å²) in [5.41, 5.74) is 4.90. The summed E-state index contributed by atoms with van der Waals surface area (Å²) in [6, 6.07) is 0. The Morgan fingerprint density at radius 3 is 2.55 bits per heavy atom. The van der Waals surface area contributed by atoms with E-state index >= 15 is 0 Å². The number of amides is 1. The molecule has 0 spiro atoms. The topological polar surface area (TPSA) is 55.1 Å². The summed E-state index contributed by atoms with van der Waals surface area (Å²) in [6.45, 7) is 2.15. The highest BCUT2D eigenvalue weighted by atomic mass is 16.1. The Balaban J connectivity index is 2.70. The van der Waals surface area contributed by atoms with Gasteiger partial charge in [-0.3, -0.25) is 4.79 Å². The Labute approximate surface area is 67.3 Å². The van der Waals surface area contributed by atoms with Gasteiger partial charge in [-0.25, -0.2) is 0 Å². The first-order valence-corrected chi connectivity index (χ1v) is 4.09. The van der Waals surface area contributed by atoms with Gasteiger partial charge in [0.1, 0.15) is 0 Å². The third-order valence-electron chi connectivity index (χ3n) is 2.71. The molecule has 0 radical (unpaired) electrons. The average molecular weight is 156 g/mol. The molecule has 1 amide bonds. The lowest BCUT2D eigenvalue weighted by Gasteiger charge is -2.24. The summed E-state index contributed by atoms with van der Waals surface area (Å²) >= 11 is 0. The van der Waals surface area contributed by atoms with E-state index in [2.05, 4.69) is 12.2 Å². The predicted molar refractivity (Wildman–Crippen MR) is 44.0 cm³/mol. The molecule has 0 aliphatic heterocycles. The third kappa shape index (κ3) is 1.38. The lowest BCUT2D eigenvalue weighted by Crippen LogP contribution is -2.51. The predicted octanol–water partition coefficient (Wildman–Crippen LogP) is 0.250. The molecular weight excluding hydrogens is 140 g/mol. The van der Waals surface area contributed by atoms with E-state index in [4.69, 9.17) is 5.73 Å². The van der Waals surface area contributed by atoms with Gasteiger partial charge in [-0.05, 0) is 32.2 Å². The van der Waals surface area contributed by atoms with Crippen molar-refractivity contribution in [1.29, 1.82) is 0 Å². The van der Waals surface area contributed by atoms with Gasteiger partial charge in [0.2, 0.25) is 5.91 Å². The average Bonchev–Trinajstić information content (AvgIpc) is 2.33. The van der Waals surface area contributed by atoms with Crippen molar-refractivity contribution in [3.63, 3.8) is 0 Å². The van der Waals surface area contributed by atoms with E-state index < -0.39 is 5.54 Å². The van der Waals surface area contributed by atoms with E-state index in [0.717, 1.165) is 19.3 Å². The van der Waals surface area contributed by atoms with Gasteiger partial charge < -0.3 is 11.1 Å². The summed E-state index contributed by atoms with van der Waals surface area (Å²) in [7, 11) is 1.81. The Morgan fingerprint density at radius 2 is 2.36 bits per heavy atom. The number of carbonyl (C=O) groups excluding carboxylic acids is 1. The number of primary amides is 1. The van der Waals surface area contributed by atoms with Gasteiger partial charge in [-0.2, -0.15) is 0 Å². The standard InChI is InChI=1S/C8H16N2O/c1-6-3-4-8(5-6,10-2)7(9)11/h6,10H,3-5H2,1-2H3,(H2,9,11). The number of likely N-dealkylation sites (N-methyl/N-ethyl adjacent to an activating group) is 1. The molecule has 0 aromatic heterocycles. The number of hydrogen-bond acceptors (Lipinski definition) is 2. The first-order valence-electron chi connectivity index (χ1n) is 4.09. The van der Waals surface area contributed by atoms with E-state index in [1.165, 1.54) is 0 Å². The SMILES string of the molecule is CNC1(C(N)=O)CCC(C)C1. The van der Waals surface area contributed by atoms with Crippen LogP contribution in [-0.4, -0.2) is 18.5 Å². The molecule has 0 heterocycles. The van der Waals surface area contributed by atoms with Gasteiger partial charge in [-0.1, -0.05) is 6.92 Å². The fourth-order valence-corrected chi connectivity index (χ4v) is 1.87. The van der Waals surface area contributed by atoms with Gasteiger partial charge in [-0.15, -0.1) is 0 Å². The Kier molecular flexibility index (Phi) is 2.18. The maximum absolute atomic E-state index is 11.1. The molecule has 0 saturated heterocycles. The van der Waals surface area contributed by atoms with Gasteiger partial charge in [0, 0.05) is 0 Å². The van der Waals surface area contributed by atoms with Crippen LogP contribution in [0, 0.1) is 5.92 Å². The van der Waals surface area contributed by atoms with Crippen LogP contribution >= 0.6 is 0 Å². The molecule has 0 aromatic carbocycles. The number of hydrogen-bond donors (Lipinski definition) is 2. The summed E-state index contributed by atoms with van der Waals surface area (Å²) in [6.07, 6.45) is 2.88. The Morgan fingerprint density at radius 1 is 1.73 bits per heavy atom. The monoisotopic (exact) mass is 156 g/mol. The van der Waals surface area contributed by atoms with E-state index in [1.807, 2.05) is 7.05 Å².